The van der Waals surface area contributed by atoms with Crippen molar-refractivity contribution >= 4 is 17.6 Å². The van der Waals surface area contributed by atoms with Crippen LogP contribution in [-0.2, 0) is 14.9 Å². The molecule has 0 saturated carbocycles. The monoisotopic (exact) mass is 262 g/mol. The second-order valence-corrected chi connectivity index (χ2v) is 3.95. The van der Waals surface area contributed by atoms with E-state index in [4.69, 9.17) is 11.6 Å². The Morgan fingerprint density at radius 2 is 2.00 bits per heavy atom. The van der Waals surface area contributed by atoms with E-state index in [-0.39, 0.29) is 17.9 Å². The summed E-state index contributed by atoms with van der Waals surface area (Å²) in [6, 6.07) is 7.86. The van der Waals surface area contributed by atoms with Gasteiger partial charge in [0.25, 0.3) is 6.43 Å². The van der Waals surface area contributed by atoms with Gasteiger partial charge in [0.1, 0.15) is 0 Å². The molecular weight excluding hydrogens is 250 g/mol. The summed E-state index contributed by atoms with van der Waals surface area (Å²) in [6.45, 7) is 0. The smallest absolute Gasteiger partial charge is 0.322 e. The molecule has 0 aliphatic rings. The lowest BCUT2D eigenvalue weighted by atomic mass is 9.78. The first-order chi connectivity index (χ1) is 8.09. The molecule has 0 saturated heterocycles. The second kappa shape index (κ2) is 5.96. The summed E-state index contributed by atoms with van der Waals surface area (Å²) in [7, 11) is 1.09. The van der Waals surface area contributed by atoms with Gasteiger partial charge < -0.3 is 4.74 Å². The van der Waals surface area contributed by atoms with E-state index in [1.54, 1.807) is 18.2 Å². The Morgan fingerprint density at radius 1 is 1.41 bits per heavy atom. The number of alkyl halides is 3. The number of carbonyl (C=O) groups is 1. The molecule has 5 heteroatoms. The van der Waals surface area contributed by atoms with Crippen LogP contribution in [0.4, 0.5) is 8.78 Å². The number of hydrogen-bond donors (Lipinski definition) is 0. The van der Waals surface area contributed by atoms with Crippen molar-refractivity contribution in [1.82, 2.24) is 0 Å². The third-order valence-electron chi connectivity index (χ3n) is 2.70. The molecule has 0 radical (unpaired) electrons. The van der Waals surface area contributed by atoms with Crippen molar-refractivity contribution in [2.45, 2.75) is 18.3 Å². The van der Waals surface area contributed by atoms with Gasteiger partial charge in [-0.3, -0.25) is 4.79 Å². The molecule has 17 heavy (non-hydrogen) atoms. The average Bonchev–Trinajstić information content (AvgIpc) is 2.35. The molecule has 0 N–H and O–H groups in total. The molecule has 0 amide bonds. The van der Waals surface area contributed by atoms with Gasteiger partial charge in [-0.15, -0.1) is 11.6 Å². The highest BCUT2D eigenvalue weighted by atomic mass is 35.5. The Morgan fingerprint density at radius 3 is 2.41 bits per heavy atom. The number of methoxy groups -OCH3 is 1. The van der Waals surface area contributed by atoms with Crippen LogP contribution in [0.2, 0.25) is 0 Å². The van der Waals surface area contributed by atoms with Gasteiger partial charge in [-0.05, 0) is 12.0 Å². The van der Waals surface area contributed by atoms with E-state index in [0.717, 1.165) is 7.11 Å². The van der Waals surface area contributed by atoms with Crippen molar-refractivity contribution in [2.75, 3.05) is 13.0 Å². The molecule has 0 heterocycles. The Labute approximate surface area is 104 Å². The summed E-state index contributed by atoms with van der Waals surface area (Å²) < 4.78 is 31.1. The van der Waals surface area contributed by atoms with Crippen LogP contribution in [0.15, 0.2) is 30.3 Å². The number of halogens is 3. The van der Waals surface area contributed by atoms with E-state index in [2.05, 4.69) is 4.74 Å². The van der Waals surface area contributed by atoms with Crippen LogP contribution >= 0.6 is 11.6 Å². The fourth-order valence-corrected chi connectivity index (χ4v) is 2.05. The molecule has 94 valence electrons. The van der Waals surface area contributed by atoms with Gasteiger partial charge in [-0.25, -0.2) is 8.78 Å². The van der Waals surface area contributed by atoms with Gasteiger partial charge in [0.05, 0.1) is 7.11 Å². The molecule has 0 bridgehead atoms. The van der Waals surface area contributed by atoms with E-state index in [9.17, 15) is 13.6 Å². The van der Waals surface area contributed by atoms with Gasteiger partial charge in [0, 0.05) is 5.88 Å². The van der Waals surface area contributed by atoms with Crippen LogP contribution in [0.3, 0.4) is 0 Å². The molecule has 1 aromatic rings. The van der Waals surface area contributed by atoms with E-state index in [1.165, 1.54) is 12.1 Å². The van der Waals surface area contributed by atoms with Gasteiger partial charge in [0.2, 0.25) is 0 Å². The van der Waals surface area contributed by atoms with Crippen molar-refractivity contribution in [3.05, 3.63) is 35.9 Å². The Kier molecular flexibility index (Phi) is 4.87. The topological polar surface area (TPSA) is 26.3 Å². The zero-order chi connectivity index (χ0) is 12.9. The number of ether oxygens (including phenoxy) is 1. The normalized spacial score (nSPS) is 14.4. The highest BCUT2D eigenvalue weighted by Crippen LogP contribution is 2.36. The molecule has 0 aliphatic carbocycles. The van der Waals surface area contributed by atoms with Crippen molar-refractivity contribution in [3.63, 3.8) is 0 Å². The summed E-state index contributed by atoms with van der Waals surface area (Å²) >= 11 is 5.54. The molecule has 2 nitrogen and oxygen atoms in total. The van der Waals surface area contributed by atoms with Crippen LogP contribution in [0, 0.1) is 0 Å². The number of rotatable bonds is 5. The summed E-state index contributed by atoms with van der Waals surface area (Å²) in [4.78, 5) is 11.7. The first kappa shape index (κ1) is 13.9. The average molecular weight is 263 g/mol. The minimum absolute atomic E-state index is 0.0473. The lowest BCUT2D eigenvalue weighted by Gasteiger charge is -2.29. The fraction of sp³-hybridized carbons (Fsp3) is 0.417. The van der Waals surface area contributed by atoms with Crippen LogP contribution in [0.25, 0.3) is 0 Å². The summed E-state index contributed by atoms with van der Waals surface area (Å²) in [6.07, 6.45) is -3.03. The highest BCUT2D eigenvalue weighted by Gasteiger charge is 2.49. The van der Waals surface area contributed by atoms with Crippen LogP contribution in [-0.4, -0.2) is 25.4 Å². The summed E-state index contributed by atoms with van der Waals surface area (Å²) in [5.74, 6) is -1.01. The third kappa shape index (κ3) is 2.57. The SMILES string of the molecule is COC(=O)[C@](CCCl)(c1ccccc1)C(F)F. The minimum atomic E-state index is -2.86. The third-order valence-corrected chi connectivity index (χ3v) is 2.89. The first-order valence-electron chi connectivity index (χ1n) is 5.07. The molecule has 1 rings (SSSR count). The quantitative estimate of drug-likeness (QED) is 0.602. The van der Waals surface area contributed by atoms with Crippen molar-refractivity contribution in [1.29, 1.82) is 0 Å². The van der Waals surface area contributed by atoms with Crippen molar-refractivity contribution in [2.24, 2.45) is 0 Å². The van der Waals surface area contributed by atoms with Crippen LogP contribution in [0.5, 0.6) is 0 Å². The molecule has 0 fully saturated rings. The summed E-state index contributed by atoms with van der Waals surface area (Å²) in [5, 5.41) is 0. The van der Waals surface area contributed by atoms with Crippen LogP contribution < -0.4 is 0 Å². The van der Waals surface area contributed by atoms with Gasteiger partial charge in [-0.2, -0.15) is 0 Å². The van der Waals surface area contributed by atoms with Crippen LogP contribution in [0.1, 0.15) is 12.0 Å². The molecular formula is C12H13ClF2O2. The molecule has 0 aliphatic heterocycles. The molecule has 1 atom stereocenters. The lowest BCUT2D eigenvalue weighted by molar-refractivity contribution is -0.154. The number of benzene rings is 1. The zero-order valence-corrected chi connectivity index (χ0v) is 10.1. The molecule has 0 unspecified atom stereocenters. The largest absolute Gasteiger partial charge is 0.468 e. The fourth-order valence-electron chi connectivity index (χ4n) is 1.76. The second-order valence-electron chi connectivity index (χ2n) is 3.57. The predicted molar refractivity (Wildman–Crippen MR) is 61.5 cm³/mol. The number of esters is 1. The molecule has 1 aromatic carbocycles. The maximum atomic E-state index is 13.3. The van der Waals surface area contributed by atoms with Gasteiger partial charge >= 0.3 is 5.97 Å². The molecule has 0 aromatic heterocycles. The van der Waals surface area contributed by atoms with E-state index >= 15 is 0 Å². The van der Waals surface area contributed by atoms with E-state index < -0.39 is 17.8 Å². The summed E-state index contributed by atoms with van der Waals surface area (Å²) in [5.41, 5.74) is -1.75. The van der Waals surface area contributed by atoms with E-state index in [0.29, 0.717) is 0 Å². The Balaban J connectivity index is 3.29. The zero-order valence-electron chi connectivity index (χ0n) is 9.33. The highest BCUT2D eigenvalue weighted by molar-refractivity contribution is 6.18. The maximum Gasteiger partial charge on any atom is 0.322 e. The Hall–Kier alpha value is -1.16. The maximum absolute atomic E-state index is 13.3. The number of hydrogen-bond acceptors (Lipinski definition) is 2. The minimum Gasteiger partial charge on any atom is -0.468 e. The lowest BCUT2D eigenvalue weighted by Crippen LogP contribution is -2.44. The van der Waals surface area contributed by atoms with E-state index in [1.807, 2.05) is 0 Å². The standard InChI is InChI=1S/C12H13ClF2O2/c1-17-11(16)12(7-8-13,10(14)15)9-5-3-2-4-6-9/h2-6,10H,7-8H2,1H3/t12-/m1/s1. The Bertz CT molecular complexity index is 370. The first-order valence-corrected chi connectivity index (χ1v) is 5.61. The van der Waals surface area contributed by atoms with Gasteiger partial charge in [-0.1, -0.05) is 30.3 Å². The van der Waals surface area contributed by atoms with Gasteiger partial charge in [0.15, 0.2) is 5.41 Å². The molecule has 0 spiro atoms. The number of carbonyl (C=O) groups excluding carboxylic acids is 1. The predicted octanol–water partition coefficient (Wildman–Crippen LogP) is 2.99. The van der Waals surface area contributed by atoms with Crippen molar-refractivity contribution in [3.8, 4) is 0 Å². The van der Waals surface area contributed by atoms with Crippen molar-refractivity contribution < 1.29 is 18.3 Å².